The number of nitrogens with zero attached hydrogens (tertiary/aromatic N) is 2. The summed E-state index contributed by atoms with van der Waals surface area (Å²) in [6, 6.07) is 1.27. The summed E-state index contributed by atoms with van der Waals surface area (Å²) in [5, 5.41) is 2.80. The van der Waals surface area contributed by atoms with E-state index in [9.17, 15) is 14.5 Å². The van der Waals surface area contributed by atoms with Gasteiger partial charge in [-0.25, -0.2) is 4.79 Å². The molecule has 1 aromatic rings. The third-order valence-electron chi connectivity index (χ3n) is 2.86. The molecular formula is C10H13N3O4. The maximum Gasteiger partial charge on any atom is 0.330 e. The summed E-state index contributed by atoms with van der Waals surface area (Å²) in [5.41, 5.74) is -0.947. The van der Waals surface area contributed by atoms with Crippen LogP contribution in [0.4, 0.5) is 0 Å². The Balaban J connectivity index is 2.25. The Bertz CT molecular complexity index is 521. The molecule has 2 heterocycles. The van der Waals surface area contributed by atoms with Gasteiger partial charge in [0, 0.05) is 18.2 Å². The van der Waals surface area contributed by atoms with Crippen LogP contribution in [0.5, 0.6) is 0 Å². The largest absolute Gasteiger partial charge is 0.352 e. The third kappa shape index (κ3) is 2.33. The van der Waals surface area contributed by atoms with E-state index in [2.05, 4.69) is 10.2 Å². The first-order valence-corrected chi connectivity index (χ1v) is 5.38. The second kappa shape index (κ2) is 4.62. The van der Waals surface area contributed by atoms with E-state index in [1.54, 1.807) is 0 Å². The van der Waals surface area contributed by atoms with Gasteiger partial charge in [0.25, 0.3) is 5.56 Å². The molecule has 92 valence electrons. The number of hydrogen-bond donors (Lipinski definition) is 1. The second-order valence-electron chi connectivity index (χ2n) is 4.19. The van der Waals surface area contributed by atoms with Gasteiger partial charge in [-0.05, 0) is 6.42 Å². The minimum Gasteiger partial charge on any atom is -0.352 e. The molecule has 0 radical (unpaired) electrons. The van der Waals surface area contributed by atoms with Crippen LogP contribution in [0.15, 0.2) is 27.0 Å². The van der Waals surface area contributed by atoms with Crippen LogP contribution in [-0.2, 0) is 4.74 Å². The van der Waals surface area contributed by atoms with Crippen LogP contribution in [0, 0.1) is 10.8 Å². The number of nitroso groups, excluding NO2 is 1. The van der Waals surface area contributed by atoms with Crippen LogP contribution in [-0.4, -0.2) is 22.2 Å². The van der Waals surface area contributed by atoms with E-state index in [0.717, 1.165) is 0 Å². The molecule has 0 amide bonds. The molecule has 7 nitrogen and oxygen atoms in total. The van der Waals surface area contributed by atoms with Gasteiger partial charge in [-0.3, -0.25) is 14.3 Å². The summed E-state index contributed by atoms with van der Waals surface area (Å²) in [6.45, 7) is 2.01. The average Bonchev–Trinajstić information content (AvgIpc) is 2.60. The number of hydrogen-bond acceptors (Lipinski definition) is 5. The molecule has 1 aliphatic rings. The van der Waals surface area contributed by atoms with Gasteiger partial charge in [0.05, 0.1) is 6.10 Å². The molecule has 17 heavy (non-hydrogen) atoms. The number of H-pyrrole nitrogens is 1. The molecule has 0 spiro atoms. The van der Waals surface area contributed by atoms with Crippen LogP contribution >= 0.6 is 0 Å². The molecule has 1 saturated heterocycles. The Morgan fingerprint density at radius 1 is 1.59 bits per heavy atom. The first-order valence-electron chi connectivity index (χ1n) is 5.38. The summed E-state index contributed by atoms with van der Waals surface area (Å²) in [5.74, 6) is 0.0883. The topological polar surface area (TPSA) is 93.5 Å². The standard InChI is InChI=1S/C10H13N3O4/c1-6-4-7(5-11-16)17-9(6)13-3-2-8(14)12-10(13)15/h2-3,6-7,9H,4-5H2,1H3,(H,12,14,15)/t6?,7-,9+/m0/s1. The fourth-order valence-electron chi connectivity index (χ4n) is 2.09. The van der Waals surface area contributed by atoms with Crippen molar-refractivity contribution in [3.8, 4) is 0 Å². The molecular weight excluding hydrogens is 226 g/mol. The van der Waals surface area contributed by atoms with Crippen LogP contribution < -0.4 is 11.2 Å². The van der Waals surface area contributed by atoms with Crippen molar-refractivity contribution in [2.75, 3.05) is 6.54 Å². The molecule has 0 bridgehead atoms. The highest BCUT2D eigenvalue weighted by Crippen LogP contribution is 2.32. The molecule has 1 aromatic heterocycles. The minimum atomic E-state index is -0.505. The van der Waals surface area contributed by atoms with Gasteiger partial charge >= 0.3 is 5.69 Å². The molecule has 1 fully saturated rings. The van der Waals surface area contributed by atoms with Gasteiger partial charge in [0.2, 0.25) is 0 Å². The van der Waals surface area contributed by atoms with Gasteiger partial charge in [0.1, 0.15) is 12.8 Å². The fourth-order valence-corrected chi connectivity index (χ4v) is 2.09. The maximum atomic E-state index is 11.6. The summed E-state index contributed by atoms with van der Waals surface area (Å²) in [4.78, 5) is 34.9. The van der Waals surface area contributed by atoms with Crippen molar-refractivity contribution in [3.05, 3.63) is 38.0 Å². The summed E-state index contributed by atoms with van der Waals surface area (Å²) in [6.07, 6.45) is 1.36. The molecule has 7 heteroatoms. The van der Waals surface area contributed by atoms with Crippen LogP contribution in [0.2, 0.25) is 0 Å². The van der Waals surface area contributed by atoms with Gasteiger partial charge in [-0.15, -0.1) is 0 Å². The van der Waals surface area contributed by atoms with Crippen LogP contribution in [0.1, 0.15) is 19.6 Å². The molecule has 0 aromatic carbocycles. The smallest absolute Gasteiger partial charge is 0.330 e. The van der Waals surface area contributed by atoms with Crippen molar-refractivity contribution in [3.63, 3.8) is 0 Å². The first kappa shape index (κ1) is 11.7. The van der Waals surface area contributed by atoms with Crippen molar-refractivity contribution in [1.29, 1.82) is 0 Å². The van der Waals surface area contributed by atoms with Crippen molar-refractivity contribution in [1.82, 2.24) is 9.55 Å². The monoisotopic (exact) mass is 239 g/mol. The Kier molecular flexibility index (Phi) is 3.19. The van der Waals surface area contributed by atoms with E-state index < -0.39 is 17.5 Å². The first-order chi connectivity index (χ1) is 8.11. The van der Waals surface area contributed by atoms with E-state index in [4.69, 9.17) is 4.74 Å². The summed E-state index contributed by atoms with van der Waals surface area (Å²) >= 11 is 0. The lowest BCUT2D eigenvalue weighted by molar-refractivity contribution is -0.00919. The van der Waals surface area contributed by atoms with Gasteiger partial charge in [0.15, 0.2) is 0 Å². The predicted molar refractivity (Wildman–Crippen MR) is 59.7 cm³/mol. The summed E-state index contributed by atoms with van der Waals surface area (Å²) in [7, 11) is 0. The number of aromatic amines is 1. The van der Waals surface area contributed by atoms with Crippen molar-refractivity contribution in [2.24, 2.45) is 11.1 Å². The normalized spacial score (nSPS) is 28.2. The second-order valence-corrected chi connectivity index (χ2v) is 4.19. The van der Waals surface area contributed by atoms with Crippen molar-refractivity contribution >= 4 is 0 Å². The maximum absolute atomic E-state index is 11.6. The van der Waals surface area contributed by atoms with Crippen molar-refractivity contribution in [2.45, 2.75) is 25.7 Å². The number of nitrogens with one attached hydrogen (secondary N) is 1. The fraction of sp³-hybridized carbons (Fsp3) is 0.600. The van der Waals surface area contributed by atoms with Gasteiger partial charge in [-0.2, -0.15) is 4.91 Å². The molecule has 3 atom stereocenters. The zero-order valence-corrected chi connectivity index (χ0v) is 9.33. The zero-order chi connectivity index (χ0) is 12.4. The molecule has 0 saturated carbocycles. The molecule has 1 aliphatic heterocycles. The minimum absolute atomic E-state index is 0.0823. The highest BCUT2D eigenvalue weighted by atomic mass is 16.5. The van der Waals surface area contributed by atoms with Gasteiger partial charge < -0.3 is 4.74 Å². The molecule has 1 N–H and O–H groups in total. The zero-order valence-electron chi connectivity index (χ0n) is 9.33. The van der Waals surface area contributed by atoms with Crippen LogP contribution in [0.25, 0.3) is 0 Å². The number of rotatable bonds is 3. The Labute approximate surface area is 96.4 Å². The van der Waals surface area contributed by atoms with Crippen LogP contribution in [0.3, 0.4) is 0 Å². The Morgan fingerprint density at radius 3 is 3.00 bits per heavy atom. The quantitative estimate of drug-likeness (QED) is 0.764. The molecule has 2 rings (SSSR count). The molecule has 0 aliphatic carbocycles. The third-order valence-corrected chi connectivity index (χ3v) is 2.86. The lowest BCUT2D eigenvalue weighted by Crippen LogP contribution is -2.33. The van der Waals surface area contributed by atoms with E-state index in [-0.39, 0.29) is 18.6 Å². The summed E-state index contributed by atoms with van der Waals surface area (Å²) < 4.78 is 6.90. The number of ether oxygens (including phenoxy) is 1. The van der Waals surface area contributed by atoms with E-state index in [1.165, 1.54) is 16.8 Å². The predicted octanol–water partition coefficient (Wildman–Crippen LogP) is 0.227. The van der Waals surface area contributed by atoms with E-state index in [1.807, 2.05) is 6.92 Å². The Hall–Kier alpha value is -1.76. The average molecular weight is 239 g/mol. The van der Waals surface area contributed by atoms with E-state index in [0.29, 0.717) is 6.42 Å². The highest BCUT2D eigenvalue weighted by molar-refractivity contribution is 4.88. The van der Waals surface area contributed by atoms with Gasteiger partial charge in [-0.1, -0.05) is 12.1 Å². The number of aromatic nitrogens is 2. The Morgan fingerprint density at radius 2 is 2.35 bits per heavy atom. The highest BCUT2D eigenvalue weighted by Gasteiger charge is 2.34. The van der Waals surface area contributed by atoms with Crippen molar-refractivity contribution < 1.29 is 4.74 Å². The van der Waals surface area contributed by atoms with E-state index >= 15 is 0 Å². The molecule has 1 unspecified atom stereocenters. The lowest BCUT2D eigenvalue weighted by Gasteiger charge is -2.17. The lowest BCUT2D eigenvalue weighted by atomic mass is 10.1. The SMILES string of the molecule is CC1C[C@@H](CN=O)O[C@H]1n1ccc(=O)[nH]c1=O.